The molecular formula is C18H18F3N3O2S. The van der Waals surface area contributed by atoms with Crippen molar-refractivity contribution in [1.29, 1.82) is 0 Å². The number of benzene rings is 1. The second-order valence-corrected chi connectivity index (χ2v) is 7.68. The van der Waals surface area contributed by atoms with Crippen LogP contribution in [0.4, 0.5) is 13.2 Å². The van der Waals surface area contributed by atoms with E-state index in [0.29, 0.717) is 28.8 Å². The zero-order valence-electron chi connectivity index (χ0n) is 14.3. The highest BCUT2D eigenvalue weighted by Crippen LogP contribution is 2.35. The van der Waals surface area contributed by atoms with Gasteiger partial charge in [0, 0.05) is 24.2 Å². The third kappa shape index (κ3) is 4.08. The van der Waals surface area contributed by atoms with Crippen LogP contribution in [0.1, 0.15) is 28.1 Å². The molecule has 5 rings (SSSR count). The quantitative estimate of drug-likeness (QED) is 0.853. The third-order valence-electron chi connectivity index (χ3n) is 5.08. The number of hydrogen-bond donors (Lipinski definition) is 1. The first-order valence-electron chi connectivity index (χ1n) is 8.73. The Labute approximate surface area is 158 Å². The number of amides is 1. The van der Waals surface area contributed by atoms with Gasteiger partial charge in [-0.3, -0.25) is 4.79 Å². The van der Waals surface area contributed by atoms with E-state index in [2.05, 4.69) is 14.6 Å². The van der Waals surface area contributed by atoms with E-state index in [1.165, 1.54) is 0 Å². The first kappa shape index (κ1) is 18.2. The number of carbonyl (C=O) groups excluding carboxylic acids is 1. The summed E-state index contributed by atoms with van der Waals surface area (Å²) in [5.41, 5.74) is 0.494. The number of fused-ring (bicyclic) bond motifs is 3. The number of ether oxygens (including phenoxy) is 1. The third-order valence-corrected chi connectivity index (χ3v) is 5.90. The minimum absolute atomic E-state index is 0.114. The summed E-state index contributed by atoms with van der Waals surface area (Å²) in [7, 11) is 0. The Morgan fingerprint density at radius 3 is 2.48 bits per heavy atom. The summed E-state index contributed by atoms with van der Waals surface area (Å²) in [6, 6.07) is 7.34. The fraction of sp³-hybridized carbons (Fsp3) is 0.444. The maximum Gasteiger partial charge on any atom is 0.427 e. The van der Waals surface area contributed by atoms with Crippen molar-refractivity contribution in [2.75, 3.05) is 19.6 Å². The second kappa shape index (κ2) is 7.12. The van der Waals surface area contributed by atoms with Crippen LogP contribution in [0.2, 0.25) is 0 Å². The monoisotopic (exact) mass is 397 g/mol. The number of hydrogen-bond acceptors (Lipinski definition) is 5. The summed E-state index contributed by atoms with van der Waals surface area (Å²) in [4.78, 5) is 14.0. The molecule has 1 aromatic heterocycles. The summed E-state index contributed by atoms with van der Waals surface area (Å²) in [5.74, 6) is 0.604. The Morgan fingerprint density at radius 2 is 1.93 bits per heavy atom. The molecule has 4 heterocycles. The van der Waals surface area contributed by atoms with Crippen LogP contribution in [0.25, 0.3) is 0 Å². The Bertz CT molecular complexity index is 814. The van der Waals surface area contributed by atoms with Crippen LogP contribution in [0.3, 0.4) is 0 Å². The molecule has 0 aliphatic carbocycles. The van der Waals surface area contributed by atoms with Crippen LogP contribution in [-0.2, 0) is 6.18 Å². The molecule has 1 unspecified atom stereocenters. The molecule has 3 fully saturated rings. The Balaban J connectivity index is 1.37. The van der Waals surface area contributed by atoms with Gasteiger partial charge in [-0.05, 0) is 67.6 Å². The largest absolute Gasteiger partial charge is 0.438 e. The van der Waals surface area contributed by atoms with Gasteiger partial charge in [-0.25, -0.2) is 0 Å². The van der Waals surface area contributed by atoms with Crippen LogP contribution < -0.4 is 10.1 Å². The predicted octanol–water partition coefficient (Wildman–Crippen LogP) is 3.78. The van der Waals surface area contributed by atoms with E-state index >= 15 is 0 Å². The summed E-state index contributed by atoms with van der Waals surface area (Å²) < 4.78 is 46.8. The Morgan fingerprint density at radius 1 is 1.22 bits per heavy atom. The maximum atomic E-state index is 12.6. The first-order chi connectivity index (χ1) is 12.9. The lowest BCUT2D eigenvalue weighted by Gasteiger charge is -2.44. The van der Waals surface area contributed by atoms with Crippen LogP contribution in [-0.4, -0.2) is 40.9 Å². The molecule has 27 heavy (non-hydrogen) atoms. The van der Waals surface area contributed by atoms with E-state index < -0.39 is 11.1 Å². The summed E-state index contributed by atoms with van der Waals surface area (Å²) in [6.45, 7) is 3.11. The van der Waals surface area contributed by atoms with Gasteiger partial charge < -0.3 is 15.0 Å². The molecule has 2 aromatic rings. The molecule has 3 aliphatic rings. The van der Waals surface area contributed by atoms with Gasteiger partial charge in [0.05, 0.1) is 0 Å². The van der Waals surface area contributed by atoms with E-state index in [-0.39, 0.29) is 17.8 Å². The van der Waals surface area contributed by atoms with Crippen molar-refractivity contribution < 1.29 is 22.7 Å². The number of nitrogens with zero attached hydrogens (tertiary/aromatic N) is 2. The van der Waals surface area contributed by atoms with Crippen molar-refractivity contribution in [3.63, 3.8) is 0 Å². The SMILES string of the molecule is O=C(NC1CN2CCC1CC2)c1ccc(Oc2cc(C(F)(F)F)sn2)cc1. The Hall–Kier alpha value is -2.13. The number of rotatable bonds is 4. The zero-order chi connectivity index (χ0) is 19.0. The zero-order valence-corrected chi connectivity index (χ0v) is 15.1. The lowest BCUT2D eigenvalue weighted by molar-refractivity contribution is -0.134. The highest BCUT2D eigenvalue weighted by molar-refractivity contribution is 7.06. The second-order valence-electron chi connectivity index (χ2n) is 6.87. The maximum absolute atomic E-state index is 12.6. The molecule has 1 atom stereocenters. The molecule has 1 N–H and O–H groups in total. The fourth-order valence-corrected chi connectivity index (χ4v) is 4.15. The highest BCUT2D eigenvalue weighted by atomic mass is 32.1. The Kier molecular flexibility index (Phi) is 4.81. The number of aromatic nitrogens is 1. The first-order valence-corrected chi connectivity index (χ1v) is 9.51. The van der Waals surface area contributed by atoms with Gasteiger partial charge in [0.15, 0.2) is 0 Å². The molecule has 144 valence electrons. The van der Waals surface area contributed by atoms with E-state index in [1.54, 1.807) is 24.3 Å². The summed E-state index contributed by atoms with van der Waals surface area (Å²) >= 11 is 0.341. The molecule has 0 saturated carbocycles. The minimum atomic E-state index is -4.43. The van der Waals surface area contributed by atoms with Crippen LogP contribution >= 0.6 is 11.5 Å². The smallest absolute Gasteiger partial charge is 0.427 e. The fourth-order valence-electron chi connectivity index (χ4n) is 3.62. The number of alkyl halides is 3. The van der Waals surface area contributed by atoms with Gasteiger partial charge in [0.1, 0.15) is 10.6 Å². The molecule has 0 radical (unpaired) electrons. The molecular weight excluding hydrogens is 379 g/mol. The van der Waals surface area contributed by atoms with Gasteiger partial charge in [-0.1, -0.05) is 0 Å². The lowest BCUT2D eigenvalue weighted by Crippen LogP contribution is -2.57. The molecule has 1 amide bonds. The molecule has 5 nitrogen and oxygen atoms in total. The van der Waals surface area contributed by atoms with Gasteiger partial charge >= 0.3 is 6.18 Å². The van der Waals surface area contributed by atoms with Crippen molar-refractivity contribution in [3.8, 4) is 11.6 Å². The van der Waals surface area contributed by atoms with Crippen molar-refractivity contribution in [2.24, 2.45) is 5.92 Å². The topological polar surface area (TPSA) is 54.5 Å². The van der Waals surface area contributed by atoms with Gasteiger partial charge in [0.25, 0.3) is 5.91 Å². The van der Waals surface area contributed by atoms with Crippen LogP contribution in [0.5, 0.6) is 11.6 Å². The molecule has 9 heteroatoms. The molecule has 3 aliphatic heterocycles. The van der Waals surface area contributed by atoms with Crippen LogP contribution in [0, 0.1) is 5.92 Å². The summed E-state index contributed by atoms with van der Waals surface area (Å²) in [5, 5.41) is 3.10. The number of carbonyl (C=O) groups is 1. The summed E-state index contributed by atoms with van der Waals surface area (Å²) in [6.07, 6.45) is -2.20. The normalized spacial score (nSPS) is 24.6. The number of piperidine rings is 3. The minimum Gasteiger partial charge on any atom is -0.438 e. The highest BCUT2D eigenvalue weighted by Gasteiger charge is 2.35. The molecule has 3 saturated heterocycles. The van der Waals surface area contributed by atoms with Crippen molar-refractivity contribution >= 4 is 17.4 Å². The number of nitrogens with one attached hydrogen (secondary N) is 1. The van der Waals surface area contributed by atoms with E-state index in [1.807, 2.05) is 0 Å². The average Bonchev–Trinajstić information content (AvgIpc) is 3.12. The number of halogens is 3. The van der Waals surface area contributed by atoms with Gasteiger partial charge in [-0.15, -0.1) is 0 Å². The van der Waals surface area contributed by atoms with Crippen molar-refractivity contribution in [1.82, 2.24) is 14.6 Å². The van der Waals surface area contributed by atoms with E-state index in [9.17, 15) is 18.0 Å². The molecule has 1 aromatic carbocycles. The lowest BCUT2D eigenvalue weighted by atomic mass is 9.84. The average molecular weight is 397 g/mol. The molecule has 2 bridgehead atoms. The van der Waals surface area contributed by atoms with Crippen molar-refractivity contribution in [3.05, 3.63) is 40.8 Å². The van der Waals surface area contributed by atoms with E-state index in [4.69, 9.17) is 4.74 Å². The predicted molar refractivity (Wildman–Crippen MR) is 94.1 cm³/mol. The standard InChI is InChI=1S/C18H18F3N3O2S/c19-18(20,21)15-9-16(23-27-15)26-13-3-1-12(2-4-13)17(25)22-14-10-24-7-5-11(14)6-8-24/h1-4,9,11,14H,5-8,10H2,(H,22,25). The van der Waals surface area contributed by atoms with E-state index in [0.717, 1.165) is 38.5 Å². The van der Waals surface area contributed by atoms with Crippen LogP contribution in [0.15, 0.2) is 30.3 Å². The van der Waals surface area contributed by atoms with Gasteiger partial charge in [0.2, 0.25) is 5.88 Å². The molecule has 0 spiro atoms. The van der Waals surface area contributed by atoms with Crippen molar-refractivity contribution in [2.45, 2.75) is 25.1 Å². The van der Waals surface area contributed by atoms with Gasteiger partial charge in [-0.2, -0.15) is 17.5 Å².